The Morgan fingerprint density at radius 1 is 1.43 bits per heavy atom. The number of thiazole rings is 1. The maximum atomic E-state index is 5.98. The molecule has 2 N–H and O–H groups in total. The second kappa shape index (κ2) is 3.81. The van der Waals surface area contributed by atoms with Crippen LogP contribution in [0.1, 0.15) is 22.4 Å². The molecular formula is C9H10N4S. The number of aryl methyl sites for hydroxylation is 1. The summed E-state index contributed by atoms with van der Waals surface area (Å²) in [5.41, 5.74) is 7.72. The standard InChI is InChI=1S/C9H10N4S/c1-6-5-14-9(13-6)8(10)7-4-11-2-3-12-7/h2-5,8H,10H2,1H3. The molecule has 0 aliphatic rings. The SMILES string of the molecule is Cc1csc(C(N)c2cnccn2)n1. The lowest BCUT2D eigenvalue weighted by Crippen LogP contribution is -2.13. The average molecular weight is 206 g/mol. The zero-order valence-electron chi connectivity index (χ0n) is 7.71. The highest BCUT2D eigenvalue weighted by Crippen LogP contribution is 2.20. The van der Waals surface area contributed by atoms with Gasteiger partial charge in [0.2, 0.25) is 0 Å². The molecule has 0 saturated carbocycles. The summed E-state index contributed by atoms with van der Waals surface area (Å²) >= 11 is 1.55. The third kappa shape index (κ3) is 1.78. The summed E-state index contributed by atoms with van der Waals surface area (Å²) in [6, 6.07) is -0.262. The van der Waals surface area contributed by atoms with Crippen LogP contribution in [-0.4, -0.2) is 15.0 Å². The lowest BCUT2D eigenvalue weighted by Gasteiger charge is -2.05. The van der Waals surface area contributed by atoms with Gasteiger partial charge < -0.3 is 5.73 Å². The van der Waals surface area contributed by atoms with Crippen molar-refractivity contribution in [2.24, 2.45) is 5.73 Å². The maximum absolute atomic E-state index is 5.98. The highest BCUT2D eigenvalue weighted by atomic mass is 32.1. The van der Waals surface area contributed by atoms with Gasteiger partial charge in [-0.15, -0.1) is 11.3 Å². The second-order valence-electron chi connectivity index (χ2n) is 2.94. The summed E-state index contributed by atoms with van der Waals surface area (Å²) in [7, 11) is 0. The van der Waals surface area contributed by atoms with E-state index < -0.39 is 0 Å². The largest absolute Gasteiger partial charge is 0.317 e. The quantitative estimate of drug-likeness (QED) is 0.804. The van der Waals surface area contributed by atoms with Gasteiger partial charge in [0.15, 0.2) is 0 Å². The van der Waals surface area contributed by atoms with E-state index >= 15 is 0 Å². The van der Waals surface area contributed by atoms with Crippen molar-refractivity contribution in [3.05, 3.63) is 40.4 Å². The number of rotatable bonds is 2. The van der Waals surface area contributed by atoms with Gasteiger partial charge in [-0.1, -0.05) is 0 Å². The van der Waals surface area contributed by atoms with Crippen LogP contribution in [-0.2, 0) is 0 Å². The Hall–Kier alpha value is -1.33. The van der Waals surface area contributed by atoms with Gasteiger partial charge in [0.25, 0.3) is 0 Å². The van der Waals surface area contributed by atoms with Crippen molar-refractivity contribution >= 4 is 11.3 Å². The van der Waals surface area contributed by atoms with Crippen molar-refractivity contribution in [1.82, 2.24) is 15.0 Å². The molecule has 2 aromatic heterocycles. The van der Waals surface area contributed by atoms with E-state index in [4.69, 9.17) is 5.73 Å². The molecule has 72 valence electrons. The van der Waals surface area contributed by atoms with Gasteiger partial charge in [-0.25, -0.2) is 4.98 Å². The molecule has 0 saturated heterocycles. The highest BCUT2D eigenvalue weighted by molar-refractivity contribution is 7.09. The Labute approximate surface area is 85.9 Å². The molecule has 0 fully saturated rings. The minimum atomic E-state index is -0.262. The van der Waals surface area contributed by atoms with Crippen LogP contribution in [0.4, 0.5) is 0 Å². The Morgan fingerprint density at radius 3 is 2.86 bits per heavy atom. The van der Waals surface area contributed by atoms with E-state index in [9.17, 15) is 0 Å². The first-order valence-corrected chi connectivity index (χ1v) is 5.09. The summed E-state index contributed by atoms with van der Waals surface area (Å²) in [6.07, 6.45) is 4.93. The molecule has 2 aromatic rings. The Morgan fingerprint density at radius 2 is 2.29 bits per heavy atom. The van der Waals surface area contributed by atoms with Gasteiger partial charge in [-0.3, -0.25) is 9.97 Å². The molecule has 0 spiro atoms. The Balaban J connectivity index is 2.29. The van der Waals surface area contributed by atoms with E-state index in [0.29, 0.717) is 0 Å². The summed E-state index contributed by atoms with van der Waals surface area (Å²) in [5, 5.41) is 2.86. The first-order valence-electron chi connectivity index (χ1n) is 4.21. The van der Waals surface area contributed by atoms with Crippen LogP contribution in [0.5, 0.6) is 0 Å². The number of aromatic nitrogens is 3. The predicted molar refractivity (Wildman–Crippen MR) is 54.9 cm³/mol. The van der Waals surface area contributed by atoms with E-state index in [1.807, 2.05) is 12.3 Å². The zero-order valence-corrected chi connectivity index (χ0v) is 8.53. The minimum Gasteiger partial charge on any atom is -0.317 e. The maximum Gasteiger partial charge on any atom is 0.116 e. The van der Waals surface area contributed by atoms with Crippen molar-refractivity contribution in [1.29, 1.82) is 0 Å². The fourth-order valence-electron chi connectivity index (χ4n) is 1.11. The third-order valence-electron chi connectivity index (χ3n) is 1.80. The summed E-state index contributed by atoms with van der Waals surface area (Å²) < 4.78 is 0. The summed E-state index contributed by atoms with van der Waals surface area (Å²) in [6.45, 7) is 1.95. The molecule has 2 heterocycles. The van der Waals surface area contributed by atoms with Crippen molar-refractivity contribution in [3.8, 4) is 0 Å². The van der Waals surface area contributed by atoms with E-state index in [2.05, 4.69) is 15.0 Å². The van der Waals surface area contributed by atoms with Crippen molar-refractivity contribution in [2.75, 3.05) is 0 Å². The van der Waals surface area contributed by atoms with E-state index in [-0.39, 0.29) is 6.04 Å². The fourth-order valence-corrected chi connectivity index (χ4v) is 1.92. The van der Waals surface area contributed by atoms with Crippen molar-refractivity contribution in [3.63, 3.8) is 0 Å². The molecule has 0 aliphatic heterocycles. The lowest BCUT2D eigenvalue weighted by atomic mass is 10.2. The molecule has 2 rings (SSSR count). The molecule has 0 bridgehead atoms. The monoisotopic (exact) mass is 206 g/mol. The van der Waals surface area contributed by atoms with Crippen molar-refractivity contribution < 1.29 is 0 Å². The normalized spacial score (nSPS) is 12.7. The summed E-state index contributed by atoms with van der Waals surface area (Å²) in [4.78, 5) is 12.4. The van der Waals surface area contributed by atoms with Crippen LogP contribution in [0.25, 0.3) is 0 Å². The van der Waals surface area contributed by atoms with Crippen molar-refractivity contribution in [2.45, 2.75) is 13.0 Å². The predicted octanol–water partition coefficient (Wildman–Crippen LogP) is 1.29. The molecule has 4 nitrogen and oxygen atoms in total. The molecule has 1 atom stereocenters. The van der Waals surface area contributed by atoms with Gasteiger partial charge in [0.05, 0.1) is 11.9 Å². The Bertz CT molecular complexity index is 412. The highest BCUT2D eigenvalue weighted by Gasteiger charge is 2.13. The van der Waals surface area contributed by atoms with Crippen LogP contribution < -0.4 is 5.73 Å². The van der Waals surface area contributed by atoms with Crippen LogP contribution in [0.15, 0.2) is 24.0 Å². The van der Waals surface area contributed by atoms with E-state index in [1.165, 1.54) is 0 Å². The van der Waals surface area contributed by atoms with Gasteiger partial charge in [0, 0.05) is 23.5 Å². The van der Waals surface area contributed by atoms with Crippen LogP contribution >= 0.6 is 11.3 Å². The van der Waals surface area contributed by atoms with Crippen LogP contribution in [0, 0.1) is 6.92 Å². The molecule has 1 unspecified atom stereocenters. The average Bonchev–Trinajstić information content (AvgIpc) is 2.65. The van der Waals surface area contributed by atoms with Gasteiger partial charge in [0.1, 0.15) is 11.0 Å². The van der Waals surface area contributed by atoms with E-state index in [0.717, 1.165) is 16.4 Å². The smallest absolute Gasteiger partial charge is 0.116 e. The molecule has 0 radical (unpaired) electrons. The Kier molecular flexibility index (Phi) is 2.51. The number of nitrogens with zero attached hydrogens (tertiary/aromatic N) is 3. The molecule has 5 heteroatoms. The van der Waals surface area contributed by atoms with Crippen LogP contribution in [0.3, 0.4) is 0 Å². The second-order valence-corrected chi connectivity index (χ2v) is 3.82. The molecule has 0 amide bonds. The molecule has 14 heavy (non-hydrogen) atoms. The molecule has 0 aliphatic carbocycles. The lowest BCUT2D eigenvalue weighted by molar-refractivity contribution is 0.805. The number of hydrogen-bond donors (Lipinski definition) is 1. The van der Waals surface area contributed by atoms with Gasteiger partial charge >= 0.3 is 0 Å². The fraction of sp³-hybridized carbons (Fsp3) is 0.222. The van der Waals surface area contributed by atoms with E-state index in [1.54, 1.807) is 29.9 Å². The third-order valence-corrected chi connectivity index (χ3v) is 2.85. The first-order chi connectivity index (χ1) is 6.77. The molecular weight excluding hydrogens is 196 g/mol. The van der Waals surface area contributed by atoms with Gasteiger partial charge in [-0.05, 0) is 6.92 Å². The van der Waals surface area contributed by atoms with Crippen LogP contribution in [0.2, 0.25) is 0 Å². The first kappa shape index (κ1) is 9.23. The minimum absolute atomic E-state index is 0.262. The number of hydrogen-bond acceptors (Lipinski definition) is 5. The summed E-state index contributed by atoms with van der Waals surface area (Å²) in [5.74, 6) is 0. The topological polar surface area (TPSA) is 64.7 Å². The van der Waals surface area contributed by atoms with Gasteiger partial charge in [-0.2, -0.15) is 0 Å². The zero-order chi connectivity index (χ0) is 9.97. The molecule has 0 aromatic carbocycles. The number of nitrogens with two attached hydrogens (primary N) is 1.